The van der Waals surface area contributed by atoms with Crippen LogP contribution in [-0.4, -0.2) is 20.6 Å². The predicted octanol–water partition coefficient (Wildman–Crippen LogP) is 4.47. The number of phenols is 1. The van der Waals surface area contributed by atoms with E-state index in [-0.39, 0.29) is 11.3 Å². The van der Waals surface area contributed by atoms with Crippen molar-refractivity contribution in [2.24, 2.45) is 0 Å². The summed E-state index contributed by atoms with van der Waals surface area (Å²) in [6.45, 7) is 4.74. The second-order valence-corrected chi connectivity index (χ2v) is 7.85. The van der Waals surface area contributed by atoms with Crippen LogP contribution in [0.5, 0.6) is 5.75 Å². The van der Waals surface area contributed by atoms with Gasteiger partial charge in [-0.1, -0.05) is 67.9 Å². The molecule has 158 valence electrons. The number of carbonyl (C=O) groups is 1. The number of rotatable bonds is 7. The molecule has 31 heavy (non-hydrogen) atoms. The number of aromatic carboxylic acids is 1. The minimum atomic E-state index is -1.18. The van der Waals surface area contributed by atoms with Crippen molar-refractivity contribution in [1.29, 1.82) is 0 Å². The zero-order valence-electron chi connectivity index (χ0n) is 17.8. The molecule has 1 heterocycles. The molecule has 0 aliphatic heterocycles. The highest BCUT2D eigenvalue weighted by Gasteiger charge is 2.16. The molecule has 1 N–H and O–H groups in total. The first-order valence-electron chi connectivity index (χ1n) is 10.6. The molecule has 5 nitrogen and oxygen atoms in total. The van der Waals surface area contributed by atoms with Crippen LogP contribution in [0.25, 0.3) is 22.2 Å². The molecule has 0 fully saturated rings. The first kappa shape index (κ1) is 20.7. The van der Waals surface area contributed by atoms with Gasteiger partial charge in [-0.2, -0.15) is 0 Å². The summed E-state index contributed by atoms with van der Waals surface area (Å²) in [5, 5.41) is 22.0. The molecule has 5 heteroatoms. The van der Waals surface area contributed by atoms with Gasteiger partial charge in [0.1, 0.15) is 17.1 Å². The fourth-order valence-electron chi connectivity index (χ4n) is 3.98. The van der Waals surface area contributed by atoms with Gasteiger partial charge in [-0.15, -0.1) is 0 Å². The number of aromatic hydroxyl groups is 1. The Morgan fingerprint density at radius 1 is 1.06 bits per heavy atom. The van der Waals surface area contributed by atoms with Crippen LogP contribution < -0.4 is 5.11 Å². The lowest BCUT2D eigenvalue weighted by atomic mass is 9.99. The number of carboxylic acid groups (broad SMARTS) is 1. The van der Waals surface area contributed by atoms with Crippen LogP contribution in [0.4, 0.5) is 0 Å². The van der Waals surface area contributed by atoms with E-state index in [4.69, 9.17) is 4.98 Å². The largest absolute Gasteiger partial charge is 0.545 e. The Kier molecular flexibility index (Phi) is 5.76. The van der Waals surface area contributed by atoms with Crippen LogP contribution in [0.15, 0.2) is 60.7 Å². The van der Waals surface area contributed by atoms with Crippen molar-refractivity contribution in [3.63, 3.8) is 0 Å². The highest BCUT2D eigenvalue weighted by Crippen LogP contribution is 2.30. The third kappa shape index (κ3) is 4.04. The summed E-state index contributed by atoms with van der Waals surface area (Å²) in [4.78, 5) is 16.3. The number of imidazole rings is 1. The summed E-state index contributed by atoms with van der Waals surface area (Å²) in [6.07, 6.45) is 2.95. The van der Waals surface area contributed by atoms with Crippen molar-refractivity contribution in [1.82, 2.24) is 9.55 Å². The van der Waals surface area contributed by atoms with E-state index in [0.29, 0.717) is 12.1 Å². The lowest BCUT2D eigenvalue weighted by molar-refractivity contribution is -0.254. The predicted molar refractivity (Wildman–Crippen MR) is 120 cm³/mol. The number of carboxylic acids is 1. The van der Waals surface area contributed by atoms with Crippen LogP contribution >= 0.6 is 0 Å². The highest BCUT2D eigenvalue weighted by atomic mass is 16.4. The van der Waals surface area contributed by atoms with Crippen molar-refractivity contribution in [3.8, 4) is 16.9 Å². The van der Waals surface area contributed by atoms with Crippen molar-refractivity contribution in [2.45, 2.75) is 39.7 Å². The summed E-state index contributed by atoms with van der Waals surface area (Å²) in [6, 6.07) is 18.3. The van der Waals surface area contributed by atoms with E-state index in [1.165, 1.54) is 0 Å². The van der Waals surface area contributed by atoms with E-state index in [0.717, 1.165) is 52.8 Å². The number of benzene rings is 3. The van der Waals surface area contributed by atoms with Gasteiger partial charge in [0.05, 0.1) is 11.5 Å². The van der Waals surface area contributed by atoms with Gasteiger partial charge in [0.2, 0.25) is 0 Å². The molecule has 0 radical (unpaired) electrons. The summed E-state index contributed by atoms with van der Waals surface area (Å²) in [7, 11) is 0. The number of carbonyl (C=O) groups excluding carboxylic acids is 1. The van der Waals surface area contributed by atoms with E-state index in [1.54, 1.807) is 24.3 Å². The number of hydrogen-bond donors (Lipinski definition) is 1. The molecule has 0 aliphatic rings. The molecular weight excluding hydrogens is 388 g/mol. The minimum Gasteiger partial charge on any atom is -0.545 e. The second-order valence-electron chi connectivity index (χ2n) is 7.85. The van der Waals surface area contributed by atoms with Gasteiger partial charge in [-0.05, 0) is 41.7 Å². The lowest BCUT2D eigenvalue weighted by Gasteiger charge is -2.13. The van der Waals surface area contributed by atoms with E-state index < -0.39 is 5.97 Å². The fraction of sp³-hybridized carbons (Fsp3) is 0.231. The standard InChI is InChI=1S/C26H26N2O3/c1-3-4-9-23-27-24-17(2)10-15-22(29)25(24)28(23)16-18-11-13-19(14-12-18)20-7-5-6-8-21(20)26(30)31/h5-8,10-15,29H,3-4,9,16H2,1-2H3,(H,30,31)/p-1. The summed E-state index contributed by atoms with van der Waals surface area (Å²) >= 11 is 0. The number of phenolic OH excluding ortho intramolecular Hbond substituents is 1. The quantitative estimate of drug-likeness (QED) is 0.485. The maximum absolute atomic E-state index is 11.4. The molecule has 4 aromatic rings. The van der Waals surface area contributed by atoms with Crippen LogP contribution in [0, 0.1) is 6.92 Å². The van der Waals surface area contributed by atoms with Gasteiger partial charge < -0.3 is 19.6 Å². The second kappa shape index (κ2) is 8.64. The van der Waals surface area contributed by atoms with Gasteiger partial charge in [0, 0.05) is 18.5 Å². The van der Waals surface area contributed by atoms with Gasteiger partial charge in [-0.3, -0.25) is 0 Å². The normalized spacial score (nSPS) is 11.2. The van der Waals surface area contributed by atoms with Crippen molar-refractivity contribution in [3.05, 3.63) is 83.2 Å². The molecule has 1 aromatic heterocycles. The Hall–Kier alpha value is -3.60. The van der Waals surface area contributed by atoms with E-state index >= 15 is 0 Å². The SMILES string of the molecule is CCCCc1nc2c(C)ccc(O)c2n1Cc1ccc(-c2ccccc2C(=O)[O-])cc1. The molecule has 0 unspecified atom stereocenters. The third-order valence-corrected chi connectivity index (χ3v) is 5.66. The monoisotopic (exact) mass is 413 g/mol. The van der Waals surface area contributed by atoms with E-state index in [2.05, 4.69) is 11.5 Å². The first-order chi connectivity index (χ1) is 15.0. The van der Waals surface area contributed by atoms with Crippen LogP contribution in [0.1, 0.15) is 47.1 Å². The molecule has 0 atom stereocenters. The minimum absolute atomic E-state index is 0.179. The molecule has 0 aliphatic carbocycles. The average molecular weight is 413 g/mol. The van der Waals surface area contributed by atoms with Crippen molar-refractivity contribution < 1.29 is 15.0 Å². The lowest BCUT2D eigenvalue weighted by Crippen LogP contribution is -2.22. The molecule has 0 bridgehead atoms. The average Bonchev–Trinajstić information content (AvgIpc) is 3.14. The Bertz CT molecular complexity index is 1240. The fourth-order valence-corrected chi connectivity index (χ4v) is 3.98. The topological polar surface area (TPSA) is 78.2 Å². The Balaban J connectivity index is 1.72. The zero-order chi connectivity index (χ0) is 22.0. The summed E-state index contributed by atoms with van der Waals surface area (Å²) in [5.74, 6) is 0.0131. The number of nitrogens with zero attached hydrogens (tertiary/aromatic N) is 2. The van der Waals surface area contributed by atoms with Crippen molar-refractivity contribution in [2.75, 3.05) is 0 Å². The van der Waals surface area contributed by atoms with Gasteiger partial charge in [0.25, 0.3) is 0 Å². The number of hydrogen-bond acceptors (Lipinski definition) is 4. The third-order valence-electron chi connectivity index (χ3n) is 5.66. The molecule has 0 saturated heterocycles. The van der Waals surface area contributed by atoms with Crippen molar-refractivity contribution >= 4 is 17.0 Å². The van der Waals surface area contributed by atoms with Gasteiger partial charge in [-0.25, -0.2) is 4.98 Å². The molecule has 0 spiro atoms. The van der Waals surface area contributed by atoms with Gasteiger partial charge in [0.15, 0.2) is 0 Å². The van der Waals surface area contributed by atoms with Crippen LogP contribution in [0.2, 0.25) is 0 Å². The molecule has 0 amide bonds. The Morgan fingerprint density at radius 3 is 2.52 bits per heavy atom. The first-order valence-corrected chi connectivity index (χ1v) is 10.6. The molecular formula is C26H25N2O3-. The van der Waals surface area contributed by atoms with E-state index in [1.807, 2.05) is 43.3 Å². The Labute approximate surface area is 181 Å². The highest BCUT2D eigenvalue weighted by molar-refractivity contribution is 5.94. The summed E-state index contributed by atoms with van der Waals surface area (Å²) < 4.78 is 2.09. The number of unbranched alkanes of at least 4 members (excludes halogenated alkanes) is 1. The molecule has 0 saturated carbocycles. The molecule has 3 aromatic carbocycles. The smallest absolute Gasteiger partial charge is 0.141 e. The summed E-state index contributed by atoms with van der Waals surface area (Å²) in [5.41, 5.74) is 5.33. The molecule has 4 rings (SSSR count). The van der Waals surface area contributed by atoms with Gasteiger partial charge >= 0.3 is 0 Å². The number of aromatic nitrogens is 2. The number of fused-ring (bicyclic) bond motifs is 1. The number of aryl methyl sites for hydroxylation is 2. The van der Waals surface area contributed by atoms with E-state index in [9.17, 15) is 15.0 Å². The maximum atomic E-state index is 11.4. The Morgan fingerprint density at radius 2 is 1.81 bits per heavy atom. The zero-order valence-corrected chi connectivity index (χ0v) is 17.8. The van der Waals surface area contributed by atoms with Crippen LogP contribution in [0.3, 0.4) is 0 Å². The van der Waals surface area contributed by atoms with Crippen LogP contribution in [-0.2, 0) is 13.0 Å². The maximum Gasteiger partial charge on any atom is 0.141 e.